The molecule has 25 heavy (non-hydrogen) atoms. The minimum atomic E-state index is 0.137. The van der Waals surface area contributed by atoms with Crippen LogP contribution in [0.25, 0.3) is 11.1 Å². The smallest absolute Gasteiger partial charge is 0.227 e. The predicted octanol–water partition coefficient (Wildman–Crippen LogP) is 6.00. The molecule has 0 aromatic heterocycles. The Bertz CT molecular complexity index is 690. The summed E-state index contributed by atoms with van der Waals surface area (Å²) in [5, 5.41) is 3.16. The molecule has 0 bridgehead atoms. The SMILES string of the molecule is CC(C)[C@@H]1CC[C@@H](C)C[C@H]1C(=O)Nc1ccc(-c2ccccc2)cc1. The van der Waals surface area contributed by atoms with Crippen LogP contribution in [-0.4, -0.2) is 5.91 Å². The van der Waals surface area contributed by atoms with Crippen LogP contribution in [0.5, 0.6) is 0 Å². The molecule has 1 saturated carbocycles. The summed E-state index contributed by atoms with van der Waals surface area (Å²) < 4.78 is 0. The van der Waals surface area contributed by atoms with Gasteiger partial charge in [-0.1, -0.05) is 69.7 Å². The van der Waals surface area contributed by atoms with E-state index in [9.17, 15) is 4.79 Å². The molecule has 1 aliphatic carbocycles. The molecule has 0 spiro atoms. The molecule has 1 fully saturated rings. The third kappa shape index (κ3) is 4.31. The standard InChI is InChI=1S/C23H29NO/c1-16(2)21-14-9-17(3)15-22(21)23(25)24-20-12-10-19(11-13-20)18-7-5-4-6-8-18/h4-8,10-13,16-17,21-22H,9,14-15H2,1-3H3,(H,24,25)/t17-,21+,22-/m1/s1. The Hall–Kier alpha value is -2.09. The van der Waals surface area contributed by atoms with Crippen molar-refractivity contribution in [2.75, 3.05) is 5.32 Å². The van der Waals surface area contributed by atoms with E-state index >= 15 is 0 Å². The molecule has 1 aliphatic rings. The van der Waals surface area contributed by atoms with Crippen LogP contribution in [0, 0.1) is 23.7 Å². The third-order valence-corrected chi connectivity index (χ3v) is 5.62. The van der Waals surface area contributed by atoms with Crippen molar-refractivity contribution in [1.29, 1.82) is 0 Å². The lowest BCUT2D eigenvalue weighted by molar-refractivity contribution is -0.123. The van der Waals surface area contributed by atoms with Gasteiger partial charge in [-0.05, 0) is 53.9 Å². The molecule has 0 aliphatic heterocycles. The monoisotopic (exact) mass is 335 g/mol. The van der Waals surface area contributed by atoms with Crippen LogP contribution in [0.4, 0.5) is 5.69 Å². The zero-order chi connectivity index (χ0) is 17.8. The maximum absolute atomic E-state index is 12.9. The van der Waals surface area contributed by atoms with Gasteiger partial charge < -0.3 is 5.32 Å². The first-order chi connectivity index (χ1) is 12.0. The summed E-state index contributed by atoms with van der Waals surface area (Å²) in [6.07, 6.45) is 3.43. The fraction of sp³-hybridized carbons (Fsp3) is 0.435. The number of rotatable bonds is 4. The molecule has 1 amide bonds. The maximum atomic E-state index is 12.9. The van der Waals surface area contributed by atoms with E-state index < -0.39 is 0 Å². The first-order valence-corrected chi connectivity index (χ1v) is 9.51. The highest BCUT2D eigenvalue weighted by atomic mass is 16.1. The number of anilines is 1. The van der Waals surface area contributed by atoms with Crippen molar-refractivity contribution in [2.45, 2.75) is 40.0 Å². The van der Waals surface area contributed by atoms with Crippen molar-refractivity contribution in [1.82, 2.24) is 0 Å². The highest BCUT2D eigenvalue weighted by molar-refractivity contribution is 5.93. The average molecular weight is 335 g/mol. The van der Waals surface area contributed by atoms with E-state index in [0.29, 0.717) is 17.8 Å². The summed E-state index contributed by atoms with van der Waals surface area (Å²) in [6, 6.07) is 18.5. The molecule has 2 heteroatoms. The number of carbonyl (C=O) groups is 1. The topological polar surface area (TPSA) is 29.1 Å². The molecule has 1 N–H and O–H groups in total. The van der Waals surface area contributed by atoms with Crippen LogP contribution < -0.4 is 5.32 Å². The molecule has 2 aromatic carbocycles. The quantitative estimate of drug-likeness (QED) is 0.729. The first-order valence-electron chi connectivity index (χ1n) is 9.51. The predicted molar refractivity (Wildman–Crippen MR) is 105 cm³/mol. The molecule has 2 nitrogen and oxygen atoms in total. The minimum absolute atomic E-state index is 0.137. The van der Waals surface area contributed by atoms with Gasteiger partial charge in [0.1, 0.15) is 0 Å². The van der Waals surface area contributed by atoms with Gasteiger partial charge in [0.2, 0.25) is 5.91 Å². The number of nitrogens with one attached hydrogen (secondary N) is 1. The lowest BCUT2D eigenvalue weighted by Gasteiger charge is -2.36. The number of hydrogen-bond acceptors (Lipinski definition) is 1. The number of amides is 1. The summed E-state index contributed by atoms with van der Waals surface area (Å²) in [6.45, 7) is 6.76. The van der Waals surface area contributed by atoms with E-state index in [2.05, 4.69) is 50.4 Å². The van der Waals surface area contributed by atoms with Crippen LogP contribution >= 0.6 is 0 Å². The van der Waals surface area contributed by atoms with E-state index in [4.69, 9.17) is 0 Å². The van der Waals surface area contributed by atoms with E-state index in [-0.39, 0.29) is 11.8 Å². The van der Waals surface area contributed by atoms with Crippen LogP contribution in [0.3, 0.4) is 0 Å². The van der Waals surface area contributed by atoms with Crippen LogP contribution in [-0.2, 0) is 4.79 Å². The molecule has 0 heterocycles. The Kier molecular flexibility index (Phi) is 5.57. The van der Waals surface area contributed by atoms with Gasteiger partial charge in [0.05, 0.1) is 0 Å². The van der Waals surface area contributed by atoms with Gasteiger partial charge >= 0.3 is 0 Å². The highest BCUT2D eigenvalue weighted by Gasteiger charge is 2.35. The van der Waals surface area contributed by atoms with E-state index in [1.807, 2.05) is 30.3 Å². The van der Waals surface area contributed by atoms with E-state index in [0.717, 1.165) is 12.1 Å². The molecule has 0 radical (unpaired) electrons. The molecular weight excluding hydrogens is 306 g/mol. The zero-order valence-corrected chi connectivity index (χ0v) is 15.5. The Labute approximate surface area is 151 Å². The van der Waals surface area contributed by atoms with E-state index in [1.165, 1.54) is 24.0 Å². The molecule has 0 saturated heterocycles. The van der Waals surface area contributed by atoms with Crippen LogP contribution in [0.1, 0.15) is 40.0 Å². The number of benzene rings is 2. The van der Waals surface area contributed by atoms with Gasteiger partial charge in [-0.3, -0.25) is 4.79 Å². The lowest BCUT2D eigenvalue weighted by atomic mass is 9.70. The second kappa shape index (κ2) is 7.86. The zero-order valence-electron chi connectivity index (χ0n) is 15.5. The second-order valence-electron chi connectivity index (χ2n) is 7.87. The minimum Gasteiger partial charge on any atom is -0.326 e. The summed E-state index contributed by atoms with van der Waals surface area (Å²) in [5.41, 5.74) is 3.26. The van der Waals surface area contributed by atoms with Crippen molar-refractivity contribution >= 4 is 11.6 Å². The summed E-state index contributed by atoms with van der Waals surface area (Å²) in [5.74, 6) is 2.03. The summed E-state index contributed by atoms with van der Waals surface area (Å²) in [7, 11) is 0. The fourth-order valence-corrected chi connectivity index (χ4v) is 4.12. The van der Waals surface area contributed by atoms with Gasteiger partial charge in [-0.25, -0.2) is 0 Å². The Balaban J connectivity index is 1.69. The molecule has 2 aromatic rings. The van der Waals surface area contributed by atoms with Gasteiger partial charge in [-0.15, -0.1) is 0 Å². The number of hydrogen-bond donors (Lipinski definition) is 1. The largest absolute Gasteiger partial charge is 0.326 e. The molecule has 3 atom stereocenters. The van der Waals surface area contributed by atoms with Crippen molar-refractivity contribution in [3.05, 3.63) is 54.6 Å². The summed E-state index contributed by atoms with van der Waals surface area (Å²) in [4.78, 5) is 12.9. The van der Waals surface area contributed by atoms with Gasteiger partial charge in [0.15, 0.2) is 0 Å². The van der Waals surface area contributed by atoms with Crippen molar-refractivity contribution in [2.24, 2.45) is 23.7 Å². The molecule has 0 unspecified atom stereocenters. The van der Waals surface area contributed by atoms with Crippen LogP contribution in [0.15, 0.2) is 54.6 Å². The number of carbonyl (C=O) groups excluding carboxylic acids is 1. The van der Waals surface area contributed by atoms with Gasteiger partial charge in [-0.2, -0.15) is 0 Å². The van der Waals surface area contributed by atoms with E-state index in [1.54, 1.807) is 0 Å². The Morgan fingerprint density at radius 1 is 0.960 bits per heavy atom. The van der Waals surface area contributed by atoms with Gasteiger partial charge in [0.25, 0.3) is 0 Å². The van der Waals surface area contributed by atoms with Crippen LogP contribution in [0.2, 0.25) is 0 Å². The Morgan fingerprint density at radius 3 is 2.24 bits per heavy atom. The summed E-state index contributed by atoms with van der Waals surface area (Å²) >= 11 is 0. The third-order valence-electron chi connectivity index (χ3n) is 5.62. The first kappa shape index (κ1) is 17.7. The average Bonchev–Trinajstić information content (AvgIpc) is 2.62. The van der Waals surface area contributed by atoms with Gasteiger partial charge in [0, 0.05) is 11.6 Å². The van der Waals surface area contributed by atoms with Crippen molar-refractivity contribution in [3.63, 3.8) is 0 Å². The van der Waals surface area contributed by atoms with Crippen molar-refractivity contribution < 1.29 is 4.79 Å². The molecule has 132 valence electrons. The normalized spacial score (nSPS) is 23.4. The Morgan fingerprint density at radius 2 is 1.60 bits per heavy atom. The second-order valence-corrected chi connectivity index (χ2v) is 7.87. The van der Waals surface area contributed by atoms with Crippen molar-refractivity contribution in [3.8, 4) is 11.1 Å². The fourth-order valence-electron chi connectivity index (χ4n) is 4.12. The lowest BCUT2D eigenvalue weighted by Crippen LogP contribution is -2.36. The maximum Gasteiger partial charge on any atom is 0.227 e. The molecular formula is C23H29NO. The highest BCUT2D eigenvalue weighted by Crippen LogP contribution is 2.38. The molecule has 3 rings (SSSR count).